The number of hydrogen-bond acceptors (Lipinski definition) is 3. The smallest absolute Gasteiger partial charge is 0.138 e. The predicted molar refractivity (Wildman–Crippen MR) is 72.6 cm³/mol. The first kappa shape index (κ1) is 12.9. The Balaban J connectivity index is 2.11. The zero-order valence-corrected chi connectivity index (χ0v) is 10.9. The third-order valence-corrected chi connectivity index (χ3v) is 2.94. The fraction of sp³-hybridized carbons (Fsp3) is 0.214. The van der Waals surface area contributed by atoms with Gasteiger partial charge >= 0.3 is 0 Å². The molecule has 2 rings (SSSR count). The Hall–Kier alpha value is -1.58. The van der Waals surface area contributed by atoms with E-state index >= 15 is 0 Å². The quantitative estimate of drug-likeness (QED) is 0.921. The largest absolute Gasteiger partial charge is 0.487 e. The molecule has 0 aliphatic rings. The summed E-state index contributed by atoms with van der Waals surface area (Å²) in [6.07, 6.45) is 1.73. The molecule has 0 radical (unpaired) electrons. The van der Waals surface area contributed by atoms with Crippen LogP contribution in [0.1, 0.15) is 16.8 Å². The van der Waals surface area contributed by atoms with Crippen molar-refractivity contribution in [2.75, 3.05) is 0 Å². The molecule has 0 amide bonds. The number of rotatable bonds is 4. The van der Waals surface area contributed by atoms with Crippen LogP contribution < -0.4 is 10.5 Å². The van der Waals surface area contributed by atoms with E-state index in [0.29, 0.717) is 23.9 Å². The van der Waals surface area contributed by atoms with Gasteiger partial charge in [0.1, 0.15) is 12.4 Å². The van der Waals surface area contributed by atoms with Crippen molar-refractivity contribution in [2.45, 2.75) is 20.1 Å². The number of aromatic nitrogens is 1. The maximum Gasteiger partial charge on any atom is 0.138 e. The van der Waals surface area contributed by atoms with Gasteiger partial charge in [0.2, 0.25) is 0 Å². The van der Waals surface area contributed by atoms with Crippen molar-refractivity contribution in [2.24, 2.45) is 5.73 Å². The van der Waals surface area contributed by atoms with Gasteiger partial charge in [0.05, 0.1) is 10.7 Å². The van der Waals surface area contributed by atoms with Crippen molar-refractivity contribution in [3.63, 3.8) is 0 Å². The van der Waals surface area contributed by atoms with Gasteiger partial charge in [-0.25, -0.2) is 0 Å². The topological polar surface area (TPSA) is 48.1 Å². The number of nitrogens with two attached hydrogens (primary N) is 1. The van der Waals surface area contributed by atoms with Crippen LogP contribution in [0.5, 0.6) is 5.75 Å². The highest BCUT2D eigenvalue weighted by Crippen LogP contribution is 2.26. The van der Waals surface area contributed by atoms with Crippen molar-refractivity contribution in [3.05, 3.63) is 58.4 Å². The van der Waals surface area contributed by atoms with Crippen molar-refractivity contribution in [1.29, 1.82) is 0 Å². The summed E-state index contributed by atoms with van der Waals surface area (Å²) in [6.45, 7) is 2.81. The Morgan fingerprint density at radius 3 is 2.89 bits per heavy atom. The minimum Gasteiger partial charge on any atom is -0.487 e. The summed E-state index contributed by atoms with van der Waals surface area (Å²) >= 11 is 6.10. The normalized spacial score (nSPS) is 10.4. The maximum absolute atomic E-state index is 6.10. The van der Waals surface area contributed by atoms with Gasteiger partial charge in [-0.15, -0.1) is 0 Å². The highest BCUT2D eigenvalue weighted by molar-refractivity contribution is 6.32. The highest BCUT2D eigenvalue weighted by Gasteiger charge is 2.05. The van der Waals surface area contributed by atoms with Gasteiger partial charge in [0.15, 0.2) is 0 Å². The van der Waals surface area contributed by atoms with E-state index in [1.165, 1.54) is 0 Å². The molecule has 0 bridgehead atoms. The van der Waals surface area contributed by atoms with Crippen LogP contribution in [0, 0.1) is 6.92 Å². The van der Waals surface area contributed by atoms with E-state index < -0.39 is 0 Å². The van der Waals surface area contributed by atoms with Crippen molar-refractivity contribution < 1.29 is 4.74 Å². The van der Waals surface area contributed by atoms with Gasteiger partial charge in [0.25, 0.3) is 0 Å². The summed E-state index contributed by atoms with van der Waals surface area (Å²) < 4.78 is 5.69. The number of aryl methyl sites for hydroxylation is 1. The fourth-order valence-electron chi connectivity index (χ4n) is 1.66. The molecule has 2 N–H and O–H groups in total. The molecule has 0 unspecified atom stereocenters. The van der Waals surface area contributed by atoms with E-state index in [1.807, 2.05) is 37.3 Å². The summed E-state index contributed by atoms with van der Waals surface area (Å²) in [6, 6.07) is 9.54. The van der Waals surface area contributed by atoms with E-state index in [0.717, 1.165) is 16.8 Å². The van der Waals surface area contributed by atoms with E-state index in [1.54, 1.807) is 6.20 Å². The molecule has 0 aliphatic carbocycles. The van der Waals surface area contributed by atoms with Gasteiger partial charge in [-0.3, -0.25) is 4.98 Å². The van der Waals surface area contributed by atoms with E-state index in [2.05, 4.69) is 4.98 Å². The first-order valence-electron chi connectivity index (χ1n) is 5.72. The van der Waals surface area contributed by atoms with E-state index in [-0.39, 0.29) is 0 Å². The number of ether oxygens (including phenoxy) is 1. The molecule has 94 valence electrons. The molecule has 0 spiro atoms. The van der Waals surface area contributed by atoms with Crippen LogP contribution >= 0.6 is 11.6 Å². The molecule has 0 fully saturated rings. The molecule has 4 heteroatoms. The third kappa shape index (κ3) is 3.00. The molecular formula is C14H15ClN2O. The number of halogens is 1. The second kappa shape index (κ2) is 5.85. The SMILES string of the molecule is Cc1ccc(OCc2cccnc2CN)c(Cl)c1. The van der Waals surface area contributed by atoms with Crippen molar-refractivity contribution in [3.8, 4) is 5.75 Å². The van der Waals surface area contributed by atoms with Crippen LogP contribution in [0.25, 0.3) is 0 Å². The van der Waals surface area contributed by atoms with Gasteiger partial charge < -0.3 is 10.5 Å². The Morgan fingerprint density at radius 1 is 1.33 bits per heavy atom. The van der Waals surface area contributed by atoms with Crippen LogP contribution in [-0.4, -0.2) is 4.98 Å². The second-order valence-electron chi connectivity index (χ2n) is 4.04. The van der Waals surface area contributed by atoms with Gasteiger partial charge in [-0.1, -0.05) is 23.7 Å². The van der Waals surface area contributed by atoms with Crippen LogP contribution in [0.15, 0.2) is 36.5 Å². The van der Waals surface area contributed by atoms with Gasteiger partial charge in [0, 0.05) is 18.3 Å². The Labute approximate surface area is 112 Å². The van der Waals surface area contributed by atoms with E-state index in [9.17, 15) is 0 Å². The molecule has 2 aromatic rings. The minimum atomic E-state index is 0.404. The summed E-state index contributed by atoms with van der Waals surface area (Å²) in [7, 11) is 0. The first-order chi connectivity index (χ1) is 8.70. The molecular weight excluding hydrogens is 248 g/mol. The average molecular weight is 263 g/mol. The van der Waals surface area contributed by atoms with Crippen LogP contribution in [0.4, 0.5) is 0 Å². The number of nitrogens with zero attached hydrogens (tertiary/aromatic N) is 1. The Kier molecular flexibility index (Phi) is 4.18. The molecule has 0 saturated heterocycles. The molecule has 1 heterocycles. The molecule has 18 heavy (non-hydrogen) atoms. The summed E-state index contributed by atoms with van der Waals surface area (Å²) in [5.41, 5.74) is 8.56. The van der Waals surface area contributed by atoms with Crippen molar-refractivity contribution in [1.82, 2.24) is 4.98 Å². The molecule has 0 atom stereocenters. The van der Waals surface area contributed by atoms with Gasteiger partial charge in [-0.2, -0.15) is 0 Å². The monoisotopic (exact) mass is 262 g/mol. The lowest BCUT2D eigenvalue weighted by molar-refractivity contribution is 0.304. The number of benzene rings is 1. The molecule has 0 saturated carbocycles. The summed E-state index contributed by atoms with van der Waals surface area (Å²) in [5, 5.41) is 0.619. The average Bonchev–Trinajstić information content (AvgIpc) is 2.38. The third-order valence-electron chi connectivity index (χ3n) is 2.65. The van der Waals surface area contributed by atoms with Gasteiger partial charge in [-0.05, 0) is 30.7 Å². The number of pyridine rings is 1. The highest BCUT2D eigenvalue weighted by atomic mass is 35.5. The van der Waals surface area contributed by atoms with Crippen LogP contribution in [0.3, 0.4) is 0 Å². The first-order valence-corrected chi connectivity index (χ1v) is 6.10. The second-order valence-corrected chi connectivity index (χ2v) is 4.44. The van der Waals surface area contributed by atoms with Crippen molar-refractivity contribution >= 4 is 11.6 Å². The lowest BCUT2D eigenvalue weighted by Gasteiger charge is -2.10. The molecule has 0 aliphatic heterocycles. The zero-order valence-electron chi connectivity index (χ0n) is 10.2. The summed E-state index contributed by atoms with van der Waals surface area (Å²) in [5.74, 6) is 0.675. The lowest BCUT2D eigenvalue weighted by Crippen LogP contribution is -2.06. The van der Waals surface area contributed by atoms with Crippen LogP contribution in [0.2, 0.25) is 5.02 Å². The molecule has 1 aromatic heterocycles. The predicted octanol–water partition coefficient (Wildman–Crippen LogP) is 3.08. The fourth-order valence-corrected chi connectivity index (χ4v) is 1.95. The molecule has 3 nitrogen and oxygen atoms in total. The zero-order chi connectivity index (χ0) is 13.0. The number of hydrogen-bond donors (Lipinski definition) is 1. The maximum atomic E-state index is 6.10. The Bertz CT molecular complexity index is 543. The standard InChI is InChI=1S/C14H15ClN2O/c1-10-4-5-14(12(15)7-10)18-9-11-3-2-6-17-13(11)8-16/h2-7H,8-9,16H2,1H3. The Morgan fingerprint density at radius 2 is 2.17 bits per heavy atom. The van der Waals surface area contributed by atoms with Crippen LogP contribution in [-0.2, 0) is 13.2 Å². The summed E-state index contributed by atoms with van der Waals surface area (Å²) in [4.78, 5) is 4.21. The minimum absolute atomic E-state index is 0.404. The lowest BCUT2D eigenvalue weighted by atomic mass is 10.2. The molecule has 1 aromatic carbocycles. The van der Waals surface area contributed by atoms with E-state index in [4.69, 9.17) is 22.1 Å².